The van der Waals surface area contributed by atoms with Crippen molar-refractivity contribution in [2.75, 3.05) is 0 Å². The topological polar surface area (TPSA) is 63.2 Å². The predicted molar refractivity (Wildman–Crippen MR) is 13.2 cm³/mol. The Kier molecular flexibility index (Phi) is 24.4. The van der Waals surface area contributed by atoms with Crippen molar-refractivity contribution < 1.29 is 29.0 Å². The van der Waals surface area contributed by atoms with Crippen LogP contribution in [0.2, 0.25) is 0 Å². The van der Waals surface area contributed by atoms with E-state index in [0.29, 0.717) is 0 Å². The van der Waals surface area contributed by atoms with Gasteiger partial charge in [-0.3, -0.25) is 0 Å². The maximum absolute atomic E-state index is 8.56. The minimum Gasteiger partial charge on any atom is 1.00 e. The Morgan fingerprint density at radius 1 is 1.33 bits per heavy atom. The van der Waals surface area contributed by atoms with Gasteiger partial charge in [0.05, 0.1) is 0 Å². The van der Waals surface area contributed by atoms with Crippen LogP contribution in [0.4, 0.5) is 0 Å². The van der Waals surface area contributed by atoms with E-state index in [2.05, 4.69) is 0 Å². The van der Waals surface area contributed by atoms with Gasteiger partial charge in [-0.2, -0.15) is 0 Å². The minimum absolute atomic E-state index is 0. The molecule has 0 aromatic rings. The standard InChI is InChI=1S/CH4.AsO3.Cu/c;2-1(3)4;/h1H4;;/q;-2;+1. The second-order valence-corrected chi connectivity index (χ2v) is 1.16. The van der Waals surface area contributed by atoms with Gasteiger partial charge < -0.3 is 0 Å². The fourth-order valence-electron chi connectivity index (χ4n) is 0. The van der Waals surface area contributed by atoms with Crippen LogP contribution in [0.1, 0.15) is 7.43 Å². The summed E-state index contributed by atoms with van der Waals surface area (Å²) in [6.45, 7) is 0. The van der Waals surface area contributed by atoms with Gasteiger partial charge in [-0.1, -0.05) is 7.43 Å². The van der Waals surface area contributed by atoms with E-state index < -0.39 is 15.3 Å². The van der Waals surface area contributed by atoms with Gasteiger partial charge in [-0.05, 0) is 0 Å². The molecule has 5 heteroatoms. The van der Waals surface area contributed by atoms with E-state index in [4.69, 9.17) is 11.9 Å². The average molecular weight is 203 g/mol. The van der Waals surface area contributed by atoms with E-state index in [0.717, 1.165) is 0 Å². The Labute approximate surface area is 52.0 Å². The molecule has 0 spiro atoms. The SMILES string of the molecule is C.O=[As]([O-])[O-].[Cu+]. The van der Waals surface area contributed by atoms with Crippen molar-refractivity contribution >= 4 is 15.3 Å². The van der Waals surface area contributed by atoms with Gasteiger partial charge >= 0.3 is 44.3 Å². The summed E-state index contributed by atoms with van der Waals surface area (Å²) < 4.78 is 25.7. The van der Waals surface area contributed by atoms with Crippen molar-refractivity contribution in [2.45, 2.75) is 7.43 Å². The zero-order valence-electron chi connectivity index (χ0n) is 1.97. The van der Waals surface area contributed by atoms with E-state index in [1.54, 1.807) is 0 Å². The van der Waals surface area contributed by atoms with E-state index in [1.807, 2.05) is 0 Å². The third-order valence-electron chi connectivity index (χ3n) is 0. The summed E-state index contributed by atoms with van der Waals surface area (Å²) in [5.74, 6) is 0. The molecule has 0 atom stereocenters. The smallest absolute Gasteiger partial charge is 1.00 e. The van der Waals surface area contributed by atoms with Crippen LogP contribution in [-0.2, 0) is 20.8 Å². The second kappa shape index (κ2) is 9.25. The Morgan fingerprint density at radius 3 is 1.33 bits per heavy atom. The van der Waals surface area contributed by atoms with Crippen molar-refractivity contribution in [1.29, 1.82) is 0 Å². The number of hydrogen-bond donors (Lipinski definition) is 0. The summed E-state index contributed by atoms with van der Waals surface area (Å²) in [6, 6.07) is 0. The second-order valence-electron chi connectivity index (χ2n) is 0.224. The molecule has 0 N–H and O–H groups in total. The Balaban J connectivity index is -0.0000000450. The largest absolute Gasteiger partial charge is 1.00 e. The first-order valence-corrected chi connectivity index (χ1v) is 2.85. The molecule has 0 aliphatic heterocycles. The maximum Gasteiger partial charge on any atom is 1.00 e. The summed E-state index contributed by atoms with van der Waals surface area (Å²) in [7, 11) is 0. The first-order chi connectivity index (χ1) is 1.73. The molecule has 0 aliphatic carbocycles. The molecule has 0 aromatic carbocycles. The summed E-state index contributed by atoms with van der Waals surface area (Å²) in [4.78, 5) is 0. The molecular weight excluding hydrogens is 198 g/mol. The molecule has 0 bridgehead atoms. The van der Waals surface area contributed by atoms with Crippen molar-refractivity contribution in [3.05, 3.63) is 0 Å². The number of rotatable bonds is 0. The van der Waals surface area contributed by atoms with Crippen molar-refractivity contribution in [3.63, 3.8) is 0 Å². The molecule has 0 aromatic heterocycles. The molecule has 0 heterocycles. The number of hydrogen-bond acceptors (Lipinski definition) is 3. The van der Waals surface area contributed by atoms with Gasteiger partial charge in [0.2, 0.25) is 0 Å². The molecular formula is CH4AsCuO3-. The molecule has 0 aliphatic rings. The Hall–Kier alpha value is 0.798. The summed E-state index contributed by atoms with van der Waals surface area (Å²) in [6.07, 6.45) is 0. The van der Waals surface area contributed by atoms with Crippen LogP contribution in [-0.4, -0.2) is 15.3 Å². The zero-order valence-corrected chi connectivity index (χ0v) is 4.79. The third kappa shape index (κ3) is 109. The quantitative estimate of drug-likeness (QED) is 0.417. The first-order valence-electron chi connectivity index (χ1n) is 0.548. The van der Waals surface area contributed by atoms with Gasteiger partial charge in [0.25, 0.3) is 0 Å². The molecule has 6 heavy (non-hydrogen) atoms. The molecule has 0 rings (SSSR count). The van der Waals surface area contributed by atoms with Crippen LogP contribution in [0.25, 0.3) is 0 Å². The third-order valence-corrected chi connectivity index (χ3v) is 0. The van der Waals surface area contributed by atoms with Crippen LogP contribution in [0.15, 0.2) is 0 Å². The molecule has 0 saturated heterocycles. The van der Waals surface area contributed by atoms with Gasteiger partial charge in [0.1, 0.15) is 0 Å². The monoisotopic (exact) mass is 202 g/mol. The van der Waals surface area contributed by atoms with Gasteiger partial charge in [-0.25, -0.2) is 0 Å². The molecule has 0 amide bonds. The van der Waals surface area contributed by atoms with E-state index in [-0.39, 0.29) is 24.5 Å². The van der Waals surface area contributed by atoms with E-state index in [9.17, 15) is 0 Å². The van der Waals surface area contributed by atoms with E-state index >= 15 is 0 Å². The molecule has 0 unspecified atom stereocenters. The molecule has 0 fully saturated rings. The van der Waals surface area contributed by atoms with Crippen LogP contribution < -0.4 is 8.19 Å². The van der Waals surface area contributed by atoms with Crippen molar-refractivity contribution in [1.82, 2.24) is 0 Å². The predicted octanol–water partition coefficient (Wildman–Crippen LogP) is -2.24. The zero-order chi connectivity index (χ0) is 3.58. The Morgan fingerprint density at radius 2 is 1.33 bits per heavy atom. The molecule has 0 saturated carbocycles. The molecule has 3 nitrogen and oxygen atoms in total. The average Bonchev–Trinajstić information content (AvgIpc) is 0.811. The Bertz CT molecular complexity index is 33.8. The van der Waals surface area contributed by atoms with Gasteiger partial charge in [0, 0.05) is 0 Å². The normalized spacial score (nSPS) is 4.33. The van der Waals surface area contributed by atoms with Crippen LogP contribution >= 0.6 is 0 Å². The van der Waals surface area contributed by atoms with Crippen LogP contribution in [0.3, 0.4) is 0 Å². The summed E-state index contributed by atoms with van der Waals surface area (Å²) >= 11 is -3.94. The van der Waals surface area contributed by atoms with E-state index in [1.165, 1.54) is 0 Å². The first kappa shape index (κ1) is 15.8. The van der Waals surface area contributed by atoms with Gasteiger partial charge in [-0.15, -0.1) is 0 Å². The van der Waals surface area contributed by atoms with Crippen molar-refractivity contribution in [2.24, 2.45) is 0 Å². The molecule has 43 valence electrons. The van der Waals surface area contributed by atoms with Crippen LogP contribution in [0.5, 0.6) is 0 Å². The van der Waals surface area contributed by atoms with Crippen LogP contribution in [0, 0.1) is 0 Å². The van der Waals surface area contributed by atoms with Gasteiger partial charge in [0.15, 0.2) is 0 Å². The molecule has 1 radical (unpaired) electrons. The minimum atomic E-state index is -3.94. The fourth-order valence-corrected chi connectivity index (χ4v) is 0. The summed E-state index contributed by atoms with van der Waals surface area (Å²) in [5, 5.41) is 0. The maximum atomic E-state index is 8.56. The summed E-state index contributed by atoms with van der Waals surface area (Å²) in [5.41, 5.74) is 0. The fraction of sp³-hybridized carbons (Fsp3) is 1.00. The van der Waals surface area contributed by atoms with Crippen molar-refractivity contribution in [3.8, 4) is 0 Å².